The largest absolute Gasteiger partial charge is 0.453 e. The number of likely N-dealkylation sites (N-methyl/N-ethyl adjacent to an activating group) is 1. The number of amides is 2. The Bertz CT molecular complexity index is 792. The van der Waals surface area contributed by atoms with Crippen LogP contribution in [0.15, 0.2) is 48.5 Å². The van der Waals surface area contributed by atoms with Crippen LogP contribution in [0.1, 0.15) is 5.56 Å². The minimum atomic E-state index is -4.59. The Labute approximate surface area is 148 Å². The predicted molar refractivity (Wildman–Crippen MR) is 90.5 cm³/mol. The third-order valence-corrected chi connectivity index (χ3v) is 3.56. The molecule has 2 aromatic rings. The van der Waals surface area contributed by atoms with Gasteiger partial charge in [-0.25, -0.2) is 4.79 Å². The van der Waals surface area contributed by atoms with Crippen LogP contribution in [0.3, 0.4) is 0 Å². The average Bonchev–Trinajstić information content (AvgIpc) is 2.60. The van der Waals surface area contributed by atoms with Gasteiger partial charge in [0.1, 0.15) is 6.54 Å². The third kappa shape index (κ3) is 4.75. The van der Waals surface area contributed by atoms with E-state index in [1.54, 1.807) is 30.3 Å². The minimum Gasteiger partial charge on any atom is -0.453 e. The molecule has 0 saturated carbocycles. The summed E-state index contributed by atoms with van der Waals surface area (Å²) in [6.07, 6.45) is -5.31. The topological polar surface area (TPSA) is 58.6 Å². The summed E-state index contributed by atoms with van der Waals surface area (Å²) in [5, 5.41) is 2.35. The summed E-state index contributed by atoms with van der Waals surface area (Å²) >= 11 is 0. The molecule has 0 fully saturated rings. The molecule has 2 amide bonds. The van der Waals surface area contributed by atoms with Gasteiger partial charge in [-0.15, -0.1) is 0 Å². The zero-order valence-corrected chi connectivity index (χ0v) is 14.1. The van der Waals surface area contributed by atoms with Crippen molar-refractivity contribution in [1.29, 1.82) is 0 Å². The molecule has 0 atom stereocenters. The number of rotatable bonds is 4. The van der Waals surface area contributed by atoms with E-state index in [9.17, 15) is 22.8 Å². The van der Waals surface area contributed by atoms with Crippen LogP contribution in [0.2, 0.25) is 0 Å². The first kappa shape index (κ1) is 19.3. The standard InChI is InChI=1S/C18H17F3N2O3/c1-23(17(25)26-2)11-16(24)22-13-8-9-14(12-6-4-3-5-7-12)15(10-13)18(19,20)21/h3-10H,11H2,1-2H3,(H,22,24). The first-order chi connectivity index (χ1) is 12.2. The van der Waals surface area contributed by atoms with E-state index in [1.807, 2.05) is 0 Å². The molecule has 0 radical (unpaired) electrons. The predicted octanol–water partition coefficient (Wildman–Crippen LogP) is 4.01. The number of nitrogens with zero attached hydrogens (tertiary/aromatic N) is 1. The summed E-state index contributed by atoms with van der Waals surface area (Å²) < 4.78 is 44.7. The van der Waals surface area contributed by atoms with Gasteiger partial charge in [0.2, 0.25) is 5.91 Å². The van der Waals surface area contributed by atoms with Crippen molar-refractivity contribution in [2.24, 2.45) is 0 Å². The van der Waals surface area contributed by atoms with Gasteiger partial charge in [-0.1, -0.05) is 36.4 Å². The lowest BCUT2D eigenvalue weighted by molar-refractivity contribution is -0.137. The molecule has 0 aliphatic heterocycles. The average molecular weight is 366 g/mol. The van der Waals surface area contributed by atoms with Crippen LogP contribution in [-0.4, -0.2) is 37.6 Å². The lowest BCUT2D eigenvalue weighted by Crippen LogP contribution is -2.34. The molecule has 5 nitrogen and oxygen atoms in total. The summed E-state index contributed by atoms with van der Waals surface area (Å²) in [7, 11) is 2.50. The van der Waals surface area contributed by atoms with Gasteiger partial charge in [-0.2, -0.15) is 13.2 Å². The van der Waals surface area contributed by atoms with E-state index >= 15 is 0 Å². The fourth-order valence-corrected chi connectivity index (χ4v) is 2.36. The number of carbonyl (C=O) groups is 2. The van der Waals surface area contributed by atoms with Crippen molar-refractivity contribution >= 4 is 17.7 Å². The van der Waals surface area contributed by atoms with Crippen LogP contribution >= 0.6 is 0 Å². The van der Waals surface area contributed by atoms with E-state index in [4.69, 9.17) is 0 Å². The van der Waals surface area contributed by atoms with Crippen LogP contribution in [0.4, 0.5) is 23.7 Å². The molecule has 138 valence electrons. The highest BCUT2D eigenvalue weighted by Crippen LogP contribution is 2.38. The van der Waals surface area contributed by atoms with Gasteiger partial charge in [-0.3, -0.25) is 4.79 Å². The number of ether oxygens (including phenoxy) is 1. The highest BCUT2D eigenvalue weighted by atomic mass is 19.4. The smallest absolute Gasteiger partial charge is 0.417 e. The highest BCUT2D eigenvalue weighted by Gasteiger charge is 2.34. The Balaban J connectivity index is 2.26. The molecule has 0 unspecified atom stereocenters. The fraction of sp³-hybridized carbons (Fsp3) is 0.222. The first-order valence-corrected chi connectivity index (χ1v) is 7.58. The van der Waals surface area contributed by atoms with Gasteiger partial charge in [0.15, 0.2) is 0 Å². The Morgan fingerprint density at radius 2 is 1.77 bits per heavy atom. The van der Waals surface area contributed by atoms with Crippen molar-refractivity contribution in [2.75, 3.05) is 26.0 Å². The number of hydrogen-bond acceptors (Lipinski definition) is 3. The van der Waals surface area contributed by atoms with Crippen molar-refractivity contribution in [3.05, 3.63) is 54.1 Å². The second-order valence-electron chi connectivity index (χ2n) is 5.50. The van der Waals surface area contributed by atoms with E-state index in [0.717, 1.165) is 18.1 Å². The van der Waals surface area contributed by atoms with Crippen molar-refractivity contribution in [2.45, 2.75) is 6.18 Å². The molecule has 8 heteroatoms. The monoisotopic (exact) mass is 366 g/mol. The molecule has 2 aromatic carbocycles. The molecule has 2 rings (SSSR count). The van der Waals surface area contributed by atoms with Crippen LogP contribution in [0.5, 0.6) is 0 Å². The summed E-state index contributed by atoms with van der Waals surface area (Å²) in [4.78, 5) is 24.2. The molecule has 0 aromatic heterocycles. The van der Waals surface area contributed by atoms with Crippen molar-refractivity contribution in [3.8, 4) is 11.1 Å². The van der Waals surface area contributed by atoms with Crippen LogP contribution in [0, 0.1) is 0 Å². The van der Waals surface area contributed by atoms with E-state index in [0.29, 0.717) is 5.56 Å². The Hall–Kier alpha value is -3.03. The summed E-state index contributed by atoms with van der Waals surface area (Å²) in [5.41, 5.74) is -0.436. The van der Waals surface area contributed by atoms with Crippen molar-refractivity contribution in [3.63, 3.8) is 0 Å². The summed E-state index contributed by atoms with van der Waals surface area (Å²) in [6.45, 7) is -0.353. The molecule has 1 N–H and O–H groups in total. The minimum absolute atomic E-state index is 0.0136. The van der Waals surface area contributed by atoms with Gasteiger partial charge in [0, 0.05) is 12.7 Å². The maximum Gasteiger partial charge on any atom is 0.417 e. The zero-order valence-electron chi connectivity index (χ0n) is 14.1. The summed E-state index contributed by atoms with van der Waals surface area (Å²) in [5.74, 6) is -0.640. The Morgan fingerprint density at radius 3 is 2.35 bits per heavy atom. The Kier molecular flexibility index (Phi) is 5.86. The number of carbonyl (C=O) groups excluding carboxylic acids is 2. The number of halogens is 3. The number of methoxy groups -OCH3 is 1. The zero-order chi connectivity index (χ0) is 19.3. The van der Waals surface area contributed by atoms with Gasteiger partial charge in [0.05, 0.1) is 12.7 Å². The fourth-order valence-electron chi connectivity index (χ4n) is 2.36. The molecule has 0 bridgehead atoms. The third-order valence-electron chi connectivity index (χ3n) is 3.56. The number of nitrogens with one attached hydrogen (secondary N) is 1. The van der Waals surface area contributed by atoms with Gasteiger partial charge >= 0.3 is 12.3 Å². The second kappa shape index (κ2) is 7.90. The maximum atomic E-state index is 13.4. The van der Waals surface area contributed by atoms with E-state index in [2.05, 4.69) is 10.1 Å². The molecule has 26 heavy (non-hydrogen) atoms. The van der Waals surface area contributed by atoms with Crippen LogP contribution in [0.25, 0.3) is 11.1 Å². The lowest BCUT2D eigenvalue weighted by atomic mass is 9.98. The van der Waals surface area contributed by atoms with Gasteiger partial charge < -0.3 is 15.0 Å². The number of hydrogen-bond donors (Lipinski definition) is 1. The van der Waals surface area contributed by atoms with Crippen molar-refractivity contribution in [1.82, 2.24) is 4.90 Å². The van der Waals surface area contributed by atoms with Gasteiger partial charge in [0.25, 0.3) is 0 Å². The normalized spacial score (nSPS) is 11.0. The van der Waals surface area contributed by atoms with Crippen LogP contribution < -0.4 is 5.32 Å². The quantitative estimate of drug-likeness (QED) is 0.890. The summed E-state index contributed by atoms with van der Waals surface area (Å²) in [6, 6.07) is 11.7. The maximum absolute atomic E-state index is 13.4. The molecule has 0 saturated heterocycles. The number of anilines is 1. The first-order valence-electron chi connectivity index (χ1n) is 7.58. The molecule has 0 aliphatic rings. The van der Waals surface area contributed by atoms with Crippen molar-refractivity contribution < 1.29 is 27.5 Å². The van der Waals surface area contributed by atoms with Crippen LogP contribution in [-0.2, 0) is 15.7 Å². The molecular weight excluding hydrogens is 349 g/mol. The number of alkyl halides is 3. The lowest BCUT2D eigenvalue weighted by Gasteiger charge is -2.17. The molecule has 0 heterocycles. The second-order valence-corrected chi connectivity index (χ2v) is 5.50. The molecule has 0 aliphatic carbocycles. The van der Waals surface area contributed by atoms with E-state index in [-0.39, 0.29) is 17.8 Å². The molecular formula is C18H17F3N2O3. The van der Waals surface area contributed by atoms with E-state index in [1.165, 1.54) is 19.2 Å². The molecule has 0 spiro atoms. The number of benzene rings is 2. The Morgan fingerprint density at radius 1 is 1.12 bits per heavy atom. The van der Waals surface area contributed by atoms with E-state index < -0.39 is 23.7 Å². The SMILES string of the molecule is COC(=O)N(C)CC(=O)Nc1ccc(-c2ccccc2)c(C(F)(F)F)c1. The highest BCUT2D eigenvalue weighted by molar-refractivity contribution is 5.94. The van der Waals surface area contributed by atoms with Gasteiger partial charge in [-0.05, 0) is 23.3 Å².